The van der Waals surface area contributed by atoms with E-state index in [1.165, 1.54) is 16.4 Å². The van der Waals surface area contributed by atoms with Crippen LogP contribution in [0.25, 0.3) is 0 Å². The van der Waals surface area contributed by atoms with Crippen LogP contribution in [0.15, 0.2) is 47.5 Å². The summed E-state index contributed by atoms with van der Waals surface area (Å²) in [6.07, 6.45) is -2.92. The van der Waals surface area contributed by atoms with Crippen molar-refractivity contribution in [3.8, 4) is 0 Å². The van der Waals surface area contributed by atoms with Crippen molar-refractivity contribution in [2.75, 3.05) is 72.2 Å². The second-order valence-electron chi connectivity index (χ2n) is 12.9. The van der Waals surface area contributed by atoms with Gasteiger partial charge >= 0.3 is 6.18 Å². The summed E-state index contributed by atoms with van der Waals surface area (Å²) in [6.45, 7) is 7.13. The predicted molar refractivity (Wildman–Crippen MR) is 174 cm³/mol. The molecule has 0 unspecified atom stereocenters. The summed E-state index contributed by atoms with van der Waals surface area (Å²) in [4.78, 5) is 37.0. The summed E-state index contributed by atoms with van der Waals surface area (Å²) in [5, 5.41) is 2.61. The molecular formula is C33H43F3N6O4S. The Bertz CT molecular complexity index is 1610. The lowest BCUT2D eigenvalue weighted by molar-refractivity contribution is -0.137. The summed E-state index contributed by atoms with van der Waals surface area (Å²) < 4.78 is 67.5. The van der Waals surface area contributed by atoms with Crippen molar-refractivity contribution in [3.63, 3.8) is 0 Å². The highest BCUT2D eigenvalue weighted by atomic mass is 32.2. The van der Waals surface area contributed by atoms with Gasteiger partial charge in [0, 0.05) is 50.4 Å². The molecule has 0 radical (unpaired) electrons. The lowest BCUT2D eigenvalue weighted by Crippen LogP contribution is -2.50. The largest absolute Gasteiger partial charge is 0.416 e. The van der Waals surface area contributed by atoms with E-state index in [2.05, 4.69) is 34.2 Å². The quantitative estimate of drug-likeness (QED) is 0.415. The molecule has 3 aliphatic rings. The molecule has 256 valence electrons. The van der Waals surface area contributed by atoms with Gasteiger partial charge in [-0.1, -0.05) is 18.2 Å². The van der Waals surface area contributed by atoms with Gasteiger partial charge in [0.1, 0.15) is 11.4 Å². The van der Waals surface area contributed by atoms with Crippen molar-refractivity contribution in [3.05, 3.63) is 70.3 Å². The Kier molecular flexibility index (Phi) is 10.4. The molecule has 2 amide bonds. The highest BCUT2D eigenvalue weighted by Gasteiger charge is 2.47. The number of rotatable bonds is 10. The van der Waals surface area contributed by atoms with Crippen molar-refractivity contribution in [2.45, 2.75) is 44.3 Å². The fourth-order valence-corrected chi connectivity index (χ4v) is 7.89. The number of halogens is 3. The maximum atomic E-state index is 13.3. The van der Waals surface area contributed by atoms with Crippen molar-refractivity contribution in [2.24, 2.45) is 4.99 Å². The molecule has 14 heteroatoms. The first-order chi connectivity index (χ1) is 22.2. The van der Waals surface area contributed by atoms with Crippen LogP contribution in [0.3, 0.4) is 0 Å². The van der Waals surface area contributed by atoms with Crippen molar-refractivity contribution < 1.29 is 31.2 Å². The molecular weight excluding hydrogens is 633 g/mol. The highest BCUT2D eigenvalue weighted by molar-refractivity contribution is 7.89. The van der Waals surface area contributed by atoms with Gasteiger partial charge in [0.15, 0.2) is 0 Å². The number of carbonyl (C=O) groups is 2. The molecule has 1 N–H and O–H groups in total. The number of nitrogens with one attached hydrogen (secondary N) is 1. The third-order valence-electron chi connectivity index (χ3n) is 9.34. The number of sulfonamides is 1. The number of alkyl halides is 3. The molecule has 2 aromatic carbocycles. The van der Waals surface area contributed by atoms with Gasteiger partial charge in [-0.25, -0.2) is 12.7 Å². The number of aliphatic imine (C=N–C) groups is 1. The maximum absolute atomic E-state index is 13.3. The van der Waals surface area contributed by atoms with Gasteiger partial charge in [-0.05, 0) is 95.2 Å². The summed E-state index contributed by atoms with van der Waals surface area (Å²) >= 11 is 0. The van der Waals surface area contributed by atoms with Gasteiger partial charge in [0.05, 0.1) is 11.3 Å². The first-order valence-corrected chi connectivity index (χ1v) is 17.6. The van der Waals surface area contributed by atoms with Gasteiger partial charge in [0.25, 0.3) is 11.8 Å². The molecule has 0 aliphatic carbocycles. The number of piperazine rings is 1. The van der Waals surface area contributed by atoms with E-state index >= 15 is 0 Å². The van der Waals surface area contributed by atoms with E-state index in [0.717, 1.165) is 55.9 Å². The van der Waals surface area contributed by atoms with E-state index in [4.69, 9.17) is 0 Å². The fourth-order valence-electron chi connectivity index (χ4n) is 6.41. The molecule has 0 aromatic heterocycles. The summed E-state index contributed by atoms with van der Waals surface area (Å²) in [5.41, 5.74) is 0.381. The zero-order chi connectivity index (χ0) is 34.0. The standard InChI is InChI=1S/C33H43F3N6O4S/c1-24-22-27(30(43)41-19-17-40(18-20-41)14-5-13-39(2)3)9-8-25(24)10-21-47(45,46)42-15-11-32(12-16-42)31(44)37-29(38-32)26-6-4-7-28(23-26)33(34,35)36/h4,6-9,22-23H,5,10-21H2,1-3H3,(H,37,38,44). The Morgan fingerprint density at radius 1 is 1.02 bits per heavy atom. The predicted octanol–water partition coefficient (Wildman–Crippen LogP) is 3.01. The van der Waals surface area contributed by atoms with Crippen LogP contribution < -0.4 is 5.32 Å². The van der Waals surface area contributed by atoms with E-state index < -0.39 is 33.2 Å². The van der Waals surface area contributed by atoms with Crippen LogP contribution in [0, 0.1) is 6.92 Å². The molecule has 0 atom stereocenters. The summed E-state index contributed by atoms with van der Waals surface area (Å²) in [6, 6.07) is 10.0. The average molecular weight is 677 g/mol. The van der Waals surface area contributed by atoms with Crippen molar-refractivity contribution in [1.29, 1.82) is 0 Å². The molecule has 1 spiro atoms. The topological polar surface area (TPSA) is 106 Å². The molecule has 3 aliphatic heterocycles. The van der Waals surface area contributed by atoms with Crippen molar-refractivity contribution in [1.82, 2.24) is 24.3 Å². The van der Waals surface area contributed by atoms with Crippen LogP contribution in [0.5, 0.6) is 0 Å². The van der Waals surface area contributed by atoms with E-state index in [1.807, 2.05) is 24.0 Å². The van der Waals surface area contributed by atoms with Gasteiger partial charge < -0.3 is 15.1 Å². The van der Waals surface area contributed by atoms with Gasteiger partial charge in [-0.15, -0.1) is 0 Å². The first kappa shape index (κ1) is 35.0. The number of amides is 2. The Morgan fingerprint density at radius 2 is 1.72 bits per heavy atom. The lowest BCUT2D eigenvalue weighted by atomic mass is 9.89. The van der Waals surface area contributed by atoms with Gasteiger partial charge in [0.2, 0.25) is 10.0 Å². The number of carbonyl (C=O) groups excluding carboxylic acids is 2. The number of amidine groups is 1. The molecule has 47 heavy (non-hydrogen) atoms. The monoisotopic (exact) mass is 676 g/mol. The zero-order valence-corrected chi connectivity index (χ0v) is 28.0. The Balaban J connectivity index is 1.14. The SMILES string of the molecule is Cc1cc(C(=O)N2CCN(CCCN(C)C)CC2)ccc1CCS(=O)(=O)N1CCC2(CC1)N=C(c1cccc(C(F)(F)F)c1)NC2=O. The smallest absolute Gasteiger partial charge is 0.336 e. The molecule has 3 heterocycles. The van der Waals surface area contributed by atoms with Crippen LogP contribution in [-0.4, -0.2) is 123 Å². The second kappa shape index (κ2) is 14.0. The van der Waals surface area contributed by atoms with Crippen LogP contribution in [0.2, 0.25) is 0 Å². The molecule has 2 saturated heterocycles. The first-order valence-electron chi connectivity index (χ1n) is 16.0. The minimum atomic E-state index is -4.53. The molecule has 2 aromatic rings. The molecule has 10 nitrogen and oxygen atoms in total. The summed E-state index contributed by atoms with van der Waals surface area (Å²) in [7, 11) is 0.462. The minimum absolute atomic E-state index is 0.0164. The lowest BCUT2D eigenvalue weighted by Gasteiger charge is -2.35. The number of hydrogen-bond donors (Lipinski definition) is 1. The Morgan fingerprint density at radius 3 is 2.36 bits per heavy atom. The van der Waals surface area contributed by atoms with E-state index in [-0.39, 0.29) is 55.4 Å². The minimum Gasteiger partial charge on any atom is -0.336 e. The van der Waals surface area contributed by atoms with Crippen molar-refractivity contribution >= 4 is 27.7 Å². The Hall–Kier alpha value is -3.33. The van der Waals surface area contributed by atoms with Crippen LogP contribution >= 0.6 is 0 Å². The van der Waals surface area contributed by atoms with E-state index in [0.29, 0.717) is 18.7 Å². The van der Waals surface area contributed by atoms with E-state index in [1.54, 1.807) is 6.07 Å². The van der Waals surface area contributed by atoms with Gasteiger partial charge in [-0.3, -0.25) is 19.5 Å². The molecule has 5 rings (SSSR count). The summed E-state index contributed by atoms with van der Waals surface area (Å²) in [5.74, 6) is -0.520. The number of aryl methyl sites for hydroxylation is 2. The fraction of sp³-hybridized carbons (Fsp3) is 0.545. The molecule has 0 saturated carbocycles. The highest BCUT2D eigenvalue weighted by Crippen LogP contribution is 2.34. The van der Waals surface area contributed by atoms with Gasteiger partial charge in [-0.2, -0.15) is 13.2 Å². The average Bonchev–Trinajstić information content (AvgIpc) is 3.35. The maximum Gasteiger partial charge on any atom is 0.416 e. The third kappa shape index (κ3) is 8.22. The van der Waals surface area contributed by atoms with Crippen LogP contribution in [-0.2, 0) is 27.4 Å². The number of hydrogen-bond acceptors (Lipinski definition) is 7. The normalized spacial score (nSPS) is 19.3. The zero-order valence-electron chi connectivity index (χ0n) is 27.1. The second-order valence-corrected chi connectivity index (χ2v) is 15.0. The molecule has 2 fully saturated rings. The number of piperidine rings is 1. The van der Waals surface area contributed by atoms with Crippen LogP contribution in [0.4, 0.5) is 13.2 Å². The third-order valence-corrected chi connectivity index (χ3v) is 11.2. The number of benzene rings is 2. The molecule has 0 bridgehead atoms. The Labute approximate surface area is 274 Å². The van der Waals surface area contributed by atoms with E-state index in [9.17, 15) is 31.2 Å². The number of nitrogens with zero attached hydrogens (tertiary/aromatic N) is 5. The van der Waals surface area contributed by atoms with Crippen LogP contribution in [0.1, 0.15) is 51.9 Å².